The average Bonchev–Trinajstić information content (AvgIpc) is 3.37. The van der Waals surface area contributed by atoms with Crippen molar-refractivity contribution in [1.82, 2.24) is 4.98 Å². The molecule has 0 saturated carbocycles. The van der Waals surface area contributed by atoms with Crippen molar-refractivity contribution in [2.75, 3.05) is 18.0 Å². The first-order valence-electron chi connectivity index (χ1n) is 12.9. The molecule has 0 spiro atoms. The number of aromatic nitrogens is 1. The van der Waals surface area contributed by atoms with Gasteiger partial charge in [-0.15, -0.1) is 0 Å². The molecule has 0 aliphatic carbocycles. The Morgan fingerprint density at radius 3 is 2.08 bits per heavy atom. The number of hydrogen-bond acceptors (Lipinski definition) is 4. The molecular weight excluding hydrogens is 442 g/mol. The Kier molecular flexibility index (Phi) is 7.00. The van der Waals surface area contributed by atoms with E-state index in [2.05, 4.69) is 73.3 Å². The fraction of sp³-hybridized carbons (Fsp3) is 0.250. The molecule has 5 aromatic rings. The van der Waals surface area contributed by atoms with Crippen molar-refractivity contribution in [2.24, 2.45) is 0 Å². The van der Waals surface area contributed by atoms with Crippen LogP contribution in [-0.4, -0.2) is 18.1 Å². The second-order valence-electron chi connectivity index (χ2n) is 9.27. The highest BCUT2D eigenvalue weighted by Gasteiger charge is 2.15. The van der Waals surface area contributed by atoms with E-state index in [9.17, 15) is 0 Å². The number of hydrogen-bond donors (Lipinski definition) is 0. The Balaban J connectivity index is 1.55. The van der Waals surface area contributed by atoms with Gasteiger partial charge in [0, 0.05) is 29.7 Å². The van der Waals surface area contributed by atoms with Gasteiger partial charge >= 0.3 is 0 Å². The molecule has 0 amide bonds. The van der Waals surface area contributed by atoms with E-state index in [1.54, 1.807) is 12.1 Å². The number of nitriles is 1. The average molecular weight is 474 g/mol. The van der Waals surface area contributed by atoms with Crippen LogP contribution in [0.3, 0.4) is 0 Å². The van der Waals surface area contributed by atoms with Crippen LogP contribution in [0.2, 0.25) is 0 Å². The minimum absolute atomic E-state index is 0.564. The Morgan fingerprint density at radius 1 is 0.806 bits per heavy atom. The van der Waals surface area contributed by atoms with E-state index in [-0.39, 0.29) is 0 Å². The molecule has 0 unspecified atom stereocenters. The molecule has 0 aliphatic heterocycles. The van der Waals surface area contributed by atoms with Crippen molar-refractivity contribution in [1.29, 1.82) is 5.26 Å². The lowest BCUT2D eigenvalue weighted by Crippen LogP contribution is -2.25. The van der Waals surface area contributed by atoms with Gasteiger partial charge in [0.1, 0.15) is 5.52 Å². The van der Waals surface area contributed by atoms with E-state index >= 15 is 0 Å². The second kappa shape index (κ2) is 10.7. The molecule has 1 aromatic heterocycles. The molecule has 4 aromatic carbocycles. The Bertz CT molecular complexity index is 1500. The molecule has 36 heavy (non-hydrogen) atoms. The lowest BCUT2D eigenvalue weighted by Gasteiger charge is -2.25. The van der Waals surface area contributed by atoms with Crippen molar-refractivity contribution in [2.45, 2.75) is 39.5 Å². The zero-order valence-corrected chi connectivity index (χ0v) is 21.0. The summed E-state index contributed by atoms with van der Waals surface area (Å²) < 4.78 is 6.25. The molecule has 0 saturated heterocycles. The van der Waals surface area contributed by atoms with Crippen LogP contribution in [0.4, 0.5) is 5.69 Å². The summed E-state index contributed by atoms with van der Waals surface area (Å²) in [6, 6.07) is 29.0. The van der Waals surface area contributed by atoms with E-state index in [4.69, 9.17) is 14.7 Å². The smallest absolute Gasteiger partial charge is 0.227 e. The highest BCUT2D eigenvalue weighted by atomic mass is 16.3. The first kappa shape index (κ1) is 23.6. The molecule has 0 aliphatic rings. The van der Waals surface area contributed by atoms with E-state index in [0.29, 0.717) is 11.5 Å². The minimum Gasteiger partial charge on any atom is -0.436 e. The van der Waals surface area contributed by atoms with Crippen LogP contribution < -0.4 is 4.90 Å². The van der Waals surface area contributed by atoms with E-state index in [0.717, 1.165) is 46.1 Å². The summed E-state index contributed by atoms with van der Waals surface area (Å²) in [5.41, 5.74) is 6.69. The van der Waals surface area contributed by atoms with Crippen molar-refractivity contribution < 1.29 is 4.42 Å². The summed E-state index contributed by atoms with van der Waals surface area (Å²) in [5, 5.41) is 11.3. The fourth-order valence-electron chi connectivity index (χ4n) is 4.73. The predicted molar refractivity (Wildman–Crippen MR) is 149 cm³/mol. The number of unbranched alkanes of at least 4 members (excludes halogenated alkanes) is 2. The molecule has 1 heterocycles. The standard InChI is InChI=1S/C32H31N3O/c1-3-5-19-35(20-6-4-2)26-17-15-24(16-18-26)29-21-30-31(28-10-8-7-9-27(28)29)34-32(36-30)25-13-11-23(22-33)12-14-25/h7-18,21H,3-6,19-20H2,1-2H3. The molecule has 0 fully saturated rings. The van der Waals surface area contributed by atoms with Crippen LogP contribution in [0, 0.1) is 11.3 Å². The fourth-order valence-corrected chi connectivity index (χ4v) is 4.73. The van der Waals surface area contributed by atoms with Crippen molar-refractivity contribution in [3.05, 3.63) is 84.4 Å². The molecule has 0 bridgehead atoms. The molecule has 0 N–H and O–H groups in total. The van der Waals surface area contributed by atoms with E-state index in [1.807, 2.05) is 18.2 Å². The van der Waals surface area contributed by atoms with Crippen LogP contribution in [0.25, 0.3) is 44.5 Å². The number of oxazole rings is 1. The summed E-state index contributed by atoms with van der Waals surface area (Å²) in [6.45, 7) is 6.69. The molecule has 5 rings (SSSR count). The molecule has 4 heteroatoms. The largest absolute Gasteiger partial charge is 0.436 e. The van der Waals surface area contributed by atoms with Gasteiger partial charge in [-0.1, -0.05) is 63.1 Å². The number of anilines is 1. The highest BCUT2D eigenvalue weighted by molar-refractivity contribution is 6.11. The highest BCUT2D eigenvalue weighted by Crippen LogP contribution is 2.37. The summed E-state index contributed by atoms with van der Waals surface area (Å²) in [6.07, 6.45) is 4.82. The van der Waals surface area contributed by atoms with Gasteiger partial charge in [0.15, 0.2) is 5.58 Å². The quantitative estimate of drug-likeness (QED) is 0.215. The van der Waals surface area contributed by atoms with Gasteiger partial charge in [0.25, 0.3) is 0 Å². The second-order valence-corrected chi connectivity index (χ2v) is 9.27. The first-order chi connectivity index (χ1) is 17.7. The Hall–Kier alpha value is -4.10. The van der Waals surface area contributed by atoms with Gasteiger partial charge in [0.05, 0.1) is 11.6 Å². The maximum Gasteiger partial charge on any atom is 0.227 e. The van der Waals surface area contributed by atoms with Crippen LogP contribution in [-0.2, 0) is 0 Å². The zero-order valence-electron chi connectivity index (χ0n) is 21.0. The summed E-state index contributed by atoms with van der Waals surface area (Å²) >= 11 is 0. The predicted octanol–water partition coefficient (Wildman–Crippen LogP) is 8.59. The minimum atomic E-state index is 0.564. The van der Waals surface area contributed by atoms with Crippen LogP contribution in [0.15, 0.2) is 83.3 Å². The summed E-state index contributed by atoms with van der Waals surface area (Å²) in [5.74, 6) is 0.564. The monoisotopic (exact) mass is 473 g/mol. The molecular formula is C32H31N3O. The molecule has 180 valence electrons. The SMILES string of the molecule is CCCCN(CCCC)c1ccc(-c2cc3oc(-c4ccc(C#N)cc4)nc3c3ccccc23)cc1. The third kappa shape index (κ3) is 4.70. The third-order valence-electron chi connectivity index (χ3n) is 6.77. The number of benzene rings is 4. The third-order valence-corrected chi connectivity index (χ3v) is 6.77. The van der Waals surface area contributed by atoms with E-state index in [1.165, 1.54) is 36.9 Å². The van der Waals surface area contributed by atoms with Gasteiger partial charge in [-0.3, -0.25) is 0 Å². The van der Waals surface area contributed by atoms with Crippen LogP contribution in [0.1, 0.15) is 45.1 Å². The van der Waals surface area contributed by atoms with Crippen LogP contribution in [0.5, 0.6) is 0 Å². The van der Waals surface area contributed by atoms with E-state index < -0.39 is 0 Å². The van der Waals surface area contributed by atoms with Gasteiger partial charge in [-0.2, -0.15) is 5.26 Å². The van der Waals surface area contributed by atoms with Gasteiger partial charge in [-0.25, -0.2) is 4.98 Å². The maximum atomic E-state index is 9.10. The van der Waals surface area contributed by atoms with Gasteiger partial charge < -0.3 is 9.32 Å². The topological polar surface area (TPSA) is 53.1 Å². The summed E-state index contributed by atoms with van der Waals surface area (Å²) in [4.78, 5) is 7.35. The van der Waals surface area contributed by atoms with Gasteiger partial charge in [-0.05, 0) is 71.8 Å². The lowest BCUT2D eigenvalue weighted by atomic mass is 9.97. The zero-order chi connectivity index (χ0) is 24.9. The Labute approximate surface area is 212 Å². The van der Waals surface area contributed by atoms with Crippen molar-refractivity contribution >= 4 is 27.6 Å². The molecule has 0 radical (unpaired) electrons. The van der Waals surface area contributed by atoms with Crippen molar-refractivity contribution in [3.8, 4) is 28.7 Å². The normalized spacial score (nSPS) is 11.1. The molecule has 0 atom stereocenters. The number of rotatable bonds is 9. The maximum absolute atomic E-state index is 9.10. The van der Waals surface area contributed by atoms with Crippen LogP contribution >= 0.6 is 0 Å². The summed E-state index contributed by atoms with van der Waals surface area (Å²) in [7, 11) is 0. The lowest BCUT2D eigenvalue weighted by molar-refractivity contribution is 0.620. The number of fused-ring (bicyclic) bond motifs is 3. The Morgan fingerprint density at radius 2 is 1.44 bits per heavy atom. The number of nitrogens with zero attached hydrogens (tertiary/aromatic N) is 3. The van der Waals surface area contributed by atoms with Crippen molar-refractivity contribution in [3.63, 3.8) is 0 Å². The first-order valence-corrected chi connectivity index (χ1v) is 12.9. The van der Waals surface area contributed by atoms with Gasteiger partial charge in [0.2, 0.25) is 5.89 Å². The molecule has 4 nitrogen and oxygen atoms in total.